The standard InChI is InChI=1S/C17H19N5OS/c1-20-6-8-21(9-7-20)13-2-4-14(5-3-13)22-17-12(11-19-22)10-15(24-17)16(18)23/h2-5,10-11H,6-9H2,1H3,(H2,18,23). The number of piperazine rings is 1. The van der Waals surface area contributed by atoms with Crippen LogP contribution in [0, 0.1) is 0 Å². The summed E-state index contributed by atoms with van der Waals surface area (Å²) in [5.74, 6) is -0.395. The summed E-state index contributed by atoms with van der Waals surface area (Å²) in [6.07, 6.45) is 1.77. The number of benzene rings is 1. The van der Waals surface area contributed by atoms with Crippen LogP contribution in [-0.2, 0) is 0 Å². The maximum Gasteiger partial charge on any atom is 0.258 e. The predicted molar refractivity (Wildman–Crippen MR) is 97.2 cm³/mol. The van der Waals surface area contributed by atoms with Crippen LogP contribution in [0.3, 0.4) is 0 Å². The number of hydrogen-bond acceptors (Lipinski definition) is 5. The lowest BCUT2D eigenvalue weighted by atomic mass is 10.2. The highest BCUT2D eigenvalue weighted by atomic mass is 32.1. The molecule has 1 aliphatic heterocycles. The molecule has 2 N–H and O–H groups in total. The number of nitrogens with two attached hydrogens (primary N) is 1. The number of anilines is 1. The Bertz CT molecular complexity index is 874. The van der Waals surface area contributed by atoms with E-state index >= 15 is 0 Å². The van der Waals surface area contributed by atoms with Crippen LogP contribution in [0.1, 0.15) is 9.67 Å². The van der Waals surface area contributed by atoms with Gasteiger partial charge in [0.2, 0.25) is 0 Å². The first kappa shape index (κ1) is 15.2. The van der Waals surface area contributed by atoms with Gasteiger partial charge in [-0.2, -0.15) is 5.10 Å². The fourth-order valence-corrected chi connectivity index (χ4v) is 3.96. The van der Waals surface area contributed by atoms with Crippen molar-refractivity contribution in [3.05, 3.63) is 41.4 Å². The lowest BCUT2D eigenvalue weighted by Crippen LogP contribution is -2.44. The molecule has 1 aliphatic rings. The topological polar surface area (TPSA) is 67.4 Å². The van der Waals surface area contributed by atoms with Crippen LogP contribution in [0.15, 0.2) is 36.5 Å². The van der Waals surface area contributed by atoms with E-state index in [4.69, 9.17) is 5.73 Å². The van der Waals surface area contributed by atoms with Gasteiger partial charge < -0.3 is 15.5 Å². The third-order valence-electron chi connectivity index (χ3n) is 4.45. The van der Waals surface area contributed by atoms with Crippen molar-refractivity contribution in [2.24, 2.45) is 5.73 Å². The van der Waals surface area contributed by atoms with Crippen molar-refractivity contribution >= 4 is 33.1 Å². The molecule has 0 spiro atoms. The predicted octanol–water partition coefficient (Wildman–Crippen LogP) is 1.94. The van der Waals surface area contributed by atoms with Gasteiger partial charge in [0, 0.05) is 37.3 Å². The van der Waals surface area contributed by atoms with E-state index in [9.17, 15) is 4.79 Å². The van der Waals surface area contributed by atoms with Crippen molar-refractivity contribution in [3.8, 4) is 5.69 Å². The van der Waals surface area contributed by atoms with Crippen LogP contribution in [0.25, 0.3) is 15.9 Å². The zero-order chi connectivity index (χ0) is 16.7. The van der Waals surface area contributed by atoms with Crippen molar-refractivity contribution in [3.63, 3.8) is 0 Å². The molecule has 124 valence electrons. The highest BCUT2D eigenvalue weighted by molar-refractivity contribution is 7.20. The van der Waals surface area contributed by atoms with E-state index in [-0.39, 0.29) is 0 Å². The number of carbonyl (C=O) groups is 1. The van der Waals surface area contributed by atoms with E-state index in [1.54, 1.807) is 12.3 Å². The van der Waals surface area contributed by atoms with Gasteiger partial charge in [-0.3, -0.25) is 4.79 Å². The van der Waals surface area contributed by atoms with Gasteiger partial charge >= 0.3 is 0 Å². The Kier molecular flexibility index (Phi) is 3.74. The molecule has 24 heavy (non-hydrogen) atoms. The number of fused-ring (bicyclic) bond motifs is 1. The highest BCUT2D eigenvalue weighted by Crippen LogP contribution is 2.28. The molecule has 2 aromatic heterocycles. The molecule has 0 radical (unpaired) electrons. The van der Waals surface area contributed by atoms with Gasteiger partial charge in [-0.05, 0) is 37.4 Å². The van der Waals surface area contributed by atoms with Gasteiger partial charge in [-0.25, -0.2) is 4.68 Å². The molecule has 3 aromatic rings. The molecular formula is C17H19N5OS. The molecule has 3 heterocycles. The smallest absolute Gasteiger partial charge is 0.258 e. The van der Waals surface area contributed by atoms with Crippen LogP contribution in [0.4, 0.5) is 5.69 Å². The summed E-state index contributed by atoms with van der Waals surface area (Å²) >= 11 is 1.38. The van der Waals surface area contributed by atoms with E-state index < -0.39 is 5.91 Å². The van der Waals surface area contributed by atoms with Crippen molar-refractivity contribution in [1.82, 2.24) is 14.7 Å². The Morgan fingerprint density at radius 3 is 2.46 bits per heavy atom. The second-order valence-electron chi connectivity index (χ2n) is 6.10. The average molecular weight is 341 g/mol. The van der Waals surface area contributed by atoms with Gasteiger partial charge in [0.05, 0.1) is 16.8 Å². The fourth-order valence-electron chi connectivity index (χ4n) is 3.00. The molecule has 4 rings (SSSR count). The molecule has 0 atom stereocenters. The van der Waals surface area contributed by atoms with E-state index in [0.29, 0.717) is 4.88 Å². The van der Waals surface area contributed by atoms with Gasteiger partial charge in [-0.1, -0.05) is 0 Å². The normalized spacial score (nSPS) is 16.0. The highest BCUT2D eigenvalue weighted by Gasteiger charge is 2.15. The minimum absolute atomic E-state index is 0.395. The molecule has 0 saturated carbocycles. The van der Waals surface area contributed by atoms with Crippen LogP contribution < -0.4 is 10.6 Å². The molecule has 1 amide bonds. The van der Waals surface area contributed by atoms with Crippen LogP contribution >= 0.6 is 11.3 Å². The number of thiophene rings is 1. The lowest BCUT2D eigenvalue weighted by molar-refractivity contribution is 0.100. The zero-order valence-corrected chi connectivity index (χ0v) is 14.3. The summed E-state index contributed by atoms with van der Waals surface area (Å²) in [4.78, 5) is 17.6. The van der Waals surface area contributed by atoms with Crippen molar-refractivity contribution < 1.29 is 4.79 Å². The first-order chi connectivity index (χ1) is 11.6. The minimum Gasteiger partial charge on any atom is -0.369 e. The van der Waals surface area contributed by atoms with Crippen molar-refractivity contribution in [2.45, 2.75) is 0 Å². The largest absolute Gasteiger partial charge is 0.369 e. The third kappa shape index (κ3) is 2.65. The number of amides is 1. The van der Waals surface area contributed by atoms with Gasteiger partial charge in [0.1, 0.15) is 4.83 Å². The zero-order valence-electron chi connectivity index (χ0n) is 13.5. The lowest BCUT2D eigenvalue weighted by Gasteiger charge is -2.34. The number of aromatic nitrogens is 2. The second kappa shape index (κ2) is 5.92. The number of carbonyl (C=O) groups excluding carboxylic acids is 1. The number of hydrogen-bond donors (Lipinski definition) is 1. The molecule has 0 unspecified atom stereocenters. The fraction of sp³-hybridized carbons (Fsp3) is 0.294. The van der Waals surface area contributed by atoms with Gasteiger partial charge in [0.25, 0.3) is 5.91 Å². The first-order valence-electron chi connectivity index (χ1n) is 7.93. The monoisotopic (exact) mass is 341 g/mol. The third-order valence-corrected chi connectivity index (χ3v) is 5.59. The minimum atomic E-state index is -0.395. The Morgan fingerprint density at radius 2 is 1.79 bits per heavy atom. The summed E-state index contributed by atoms with van der Waals surface area (Å²) in [6, 6.07) is 10.2. The molecule has 0 bridgehead atoms. The Labute approximate surface area is 144 Å². The SMILES string of the molecule is CN1CCN(c2ccc(-n3ncc4cc(C(N)=O)sc43)cc2)CC1. The van der Waals surface area contributed by atoms with Gasteiger partial charge in [0.15, 0.2) is 0 Å². The van der Waals surface area contributed by atoms with E-state index in [0.717, 1.165) is 42.1 Å². The maximum absolute atomic E-state index is 11.4. The second-order valence-corrected chi connectivity index (χ2v) is 7.13. The average Bonchev–Trinajstić information content (AvgIpc) is 3.16. The van der Waals surface area contributed by atoms with Crippen LogP contribution in [0.2, 0.25) is 0 Å². The van der Waals surface area contributed by atoms with E-state index in [1.807, 2.05) is 4.68 Å². The number of nitrogens with zero attached hydrogens (tertiary/aromatic N) is 4. The maximum atomic E-state index is 11.4. The van der Waals surface area contributed by atoms with E-state index in [2.05, 4.69) is 46.2 Å². The van der Waals surface area contributed by atoms with Crippen molar-refractivity contribution in [1.29, 1.82) is 0 Å². The van der Waals surface area contributed by atoms with Crippen LogP contribution in [0.5, 0.6) is 0 Å². The van der Waals surface area contributed by atoms with E-state index in [1.165, 1.54) is 17.0 Å². The Hall–Kier alpha value is -2.38. The van der Waals surface area contributed by atoms with Gasteiger partial charge in [-0.15, -0.1) is 11.3 Å². The Morgan fingerprint density at radius 1 is 1.12 bits per heavy atom. The Balaban J connectivity index is 1.62. The summed E-state index contributed by atoms with van der Waals surface area (Å²) < 4.78 is 1.86. The molecule has 1 aromatic carbocycles. The molecule has 1 saturated heterocycles. The summed E-state index contributed by atoms with van der Waals surface area (Å²) in [7, 11) is 2.16. The number of rotatable bonds is 3. The molecule has 6 nitrogen and oxygen atoms in total. The molecule has 1 fully saturated rings. The number of likely N-dealkylation sites (N-methyl/N-ethyl adjacent to an activating group) is 1. The molecule has 7 heteroatoms. The van der Waals surface area contributed by atoms with Crippen molar-refractivity contribution in [2.75, 3.05) is 38.1 Å². The first-order valence-corrected chi connectivity index (χ1v) is 8.75. The van der Waals surface area contributed by atoms with Crippen LogP contribution in [-0.4, -0.2) is 53.8 Å². The molecule has 0 aliphatic carbocycles. The quantitative estimate of drug-likeness (QED) is 0.790. The number of primary amides is 1. The molecular weight excluding hydrogens is 322 g/mol. The summed E-state index contributed by atoms with van der Waals surface area (Å²) in [6.45, 7) is 4.28. The summed E-state index contributed by atoms with van der Waals surface area (Å²) in [5, 5.41) is 5.37. The summed E-state index contributed by atoms with van der Waals surface area (Å²) in [5.41, 5.74) is 7.59.